The van der Waals surface area contributed by atoms with Crippen molar-refractivity contribution in [3.8, 4) is 0 Å². The third-order valence-electron chi connectivity index (χ3n) is 7.50. The number of benzene rings is 2. The largest absolute Gasteiger partial charge is 0.374 e. The molecule has 0 saturated carbocycles. The molecule has 1 aliphatic carbocycles. The first-order chi connectivity index (χ1) is 15.7. The Morgan fingerprint density at radius 2 is 1.62 bits per heavy atom. The normalized spacial score (nSPS) is 24.6. The number of rotatable bonds is 6. The minimum atomic E-state index is 0.165. The third-order valence-corrected chi connectivity index (χ3v) is 7.50. The Morgan fingerprint density at radius 3 is 2.34 bits per heavy atom. The first-order valence-electron chi connectivity index (χ1n) is 12.3. The zero-order valence-corrected chi connectivity index (χ0v) is 19.1. The van der Waals surface area contributed by atoms with Crippen molar-refractivity contribution < 1.29 is 4.79 Å². The summed E-state index contributed by atoms with van der Waals surface area (Å²) in [6.07, 6.45) is 8.18. The van der Waals surface area contributed by atoms with Crippen molar-refractivity contribution in [2.75, 3.05) is 13.1 Å². The number of nitrogens with zero attached hydrogens (tertiary/aromatic N) is 1. The van der Waals surface area contributed by atoms with Crippen LogP contribution in [0.25, 0.3) is 0 Å². The van der Waals surface area contributed by atoms with Gasteiger partial charge in [0.1, 0.15) is 0 Å². The second-order valence-corrected chi connectivity index (χ2v) is 9.52. The second kappa shape index (κ2) is 9.36. The Balaban J connectivity index is 1.55. The molecule has 0 radical (unpaired) electrons. The standard InChI is InChI=1S/C29H34N2O/c1-2-3-14-28(32)30-23-19-26-24(21-10-6-4-7-11-21)15-17-31-18-16-25(27(20-23)29(26)31)22-12-8-5-9-13-22/h4-13,19,24-25,27H,2-3,14-18,20H2,1H3,(H,30,32). The molecular weight excluding hydrogens is 392 g/mol. The molecule has 0 spiro atoms. The van der Waals surface area contributed by atoms with Crippen LogP contribution in [0.5, 0.6) is 0 Å². The molecule has 2 heterocycles. The molecule has 0 bridgehead atoms. The van der Waals surface area contributed by atoms with Crippen LogP contribution in [0.2, 0.25) is 0 Å². The number of amides is 1. The van der Waals surface area contributed by atoms with Crippen molar-refractivity contribution in [1.29, 1.82) is 0 Å². The fraction of sp³-hybridized carbons (Fsp3) is 0.414. The topological polar surface area (TPSA) is 32.3 Å². The van der Waals surface area contributed by atoms with Gasteiger partial charge in [0.25, 0.3) is 0 Å². The summed E-state index contributed by atoms with van der Waals surface area (Å²) in [4.78, 5) is 15.3. The zero-order chi connectivity index (χ0) is 21.9. The van der Waals surface area contributed by atoms with Crippen LogP contribution in [-0.2, 0) is 4.79 Å². The number of hydrogen-bond donors (Lipinski definition) is 1. The summed E-state index contributed by atoms with van der Waals surface area (Å²) in [7, 11) is 0. The molecule has 2 aliphatic heterocycles. The lowest BCUT2D eigenvalue weighted by atomic mass is 9.68. The van der Waals surface area contributed by atoms with Gasteiger partial charge >= 0.3 is 0 Å². The van der Waals surface area contributed by atoms with Gasteiger partial charge in [0.15, 0.2) is 0 Å². The molecule has 1 fully saturated rings. The zero-order valence-electron chi connectivity index (χ0n) is 19.1. The van der Waals surface area contributed by atoms with Crippen LogP contribution < -0.4 is 5.32 Å². The van der Waals surface area contributed by atoms with Crippen LogP contribution in [0, 0.1) is 5.92 Å². The van der Waals surface area contributed by atoms with E-state index < -0.39 is 0 Å². The number of nitrogens with one attached hydrogen (secondary N) is 1. The molecule has 1 N–H and O–H groups in total. The van der Waals surface area contributed by atoms with Crippen molar-refractivity contribution in [3.05, 3.63) is 94.8 Å². The molecule has 3 aliphatic rings. The van der Waals surface area contributed by atoms with Gasteiger partial charge in [0.05, 0.1) is 0 Å². The average molecular weight is 427 g/mol. The molecule has 5 rings (SSSR count). The molecule has 32 heavy (non-hydrogen) atoms. The molecular formula is C29H34N2O. The smallest absolute Gasteiger partial charge is 0.224 e. The first kappa shape index (κ1) is 21.1. The number of unbranched alkanes of at least 4 members (excludes halogenated alkanes) is 1. The van der Waals surface area contributed by atoms with E-state index >= 15 is 0 Å². The Hall–Kier alpha value is -2.81. The van der Waals surface area contributed by atoms with Crippen LogP contribution in [0.15, 0.2) is 83.7 Å². The van der Waals surface area contributed by atoms with E-state index in [1.165, 1.54) is 28.8 Å². The molecule has 3 atom stereocenters. The van der Waals surface area contributed by atoms with Gasteiger partial charge in [0, 0.05) is 42.7 Å². The number of carbonyl (C=O) groups excluding carboxylic acids is 1. The second-order valence-electron chi connectivity index (χ2n) is 9.52. The van der Waals surface area contributed by atoms with Crippen LogP contribution in [0.3, 0.4) is 0 Å². The van der Waals surface area contributed by atoms with Crippen molar-refractivity contribution in [2.24, 2.45) is 5.92 Å². The molecule has 3 unspecified atom stereocenters. The molecule has 3 heteroatoms. The highest BCUT2D eigenvalue weighted by Gasteiger charge is 2.42. The van der Waals surface area contributed by atoms with Gasteiger partial charge in [-0.3, -0.25) is 4.79 Å². The van der Waals surface area contributed by atoms with E-state index in [1.54, 1.807) is 0 Å². The van der Waals surface area contributed by atoms with E-state index in [4.69, 9.17) is 0 Å². The lowest BCUT2D eigenvalue weighted by Crippen LogP contribution is -2.44. The molecule has 2 aromatic rings. The Labute approximate surface area is 192 Å². The molecule has 3 nitrogen and oxygen atoms in total. The summed E-state index contributed by atoms with van der Waals surface area (Å²) in [5, 5.41) is 3.30. The van der Waals surface area contributed by atoms with Gasteiger partial charge < -0.3 is 10.2 Å². The van der Waals surface area contributed by atoms with Gasteiger partial charge in [-0.25, -0.2) is 0 Å². The summed E-state index contributed by atoms with van der Waals surface area (Å²) in [6, 6.07) is 21.9. The minimum Gasteiger partial charge on any atom is -0.374 e. The van der Waals surface area contributed by atoms with Crippen LogP contribution >= 0.6 is 0 Å². The van der Waals surface area contributed by atoms with Gasteiger partial charge in [-0.1, -0.05) is 74.0 Å². The Bertz CT molecular complexity index is 1010. The summed E-state index contributed by atoms with van der Waals surface area (Å²) in [5.74, 6) is 1.50. The van der Waals surface area contributed by atoms with E-state index in [0.717, 1.165) is 44.5 Å². The number of hydrogen-bond acceptors (Lipinski definition) is 2. The monoisotopic (exact) mass is 426 g/mol. The van der Waals surface area contributed by atoms with Crippen molar-refractivity contribution >= 4 is 5.91 Å². The lowest BCUT2D eigenvalue weighted by molar-refractivity contribution is -0.120. The van der Waals surface area contributed by atoms with Crippen molar-refractivity contribution in [1.82, 2.24) is 10.2 Å². The van der Waals surface area contributed by atoms with Crippen LogP contribution in [0.4, 0.5) is 0 Å². The summed E-state index contributed by atoms with van der Waals surface area (Å²) in [5.41, 5.74) is 6.91. The van der Waals surface area contributed by atoms with Crippen LogP contribution in [0.1, 0.15) is 68.4 Å². The molecule has 166 valence electrons. The maximum absolute atomic E-state index is 12.6. The van der Waals surface area contributed by atoms with Crippen molar-refractivity contribution in [3.63, 3.8) is 0 Å². The molecule has 0 aromatic heterocycles. The number of piperidine rings is 1. The maximum atomic E-state index is 12.6. The quantitative estimate of drug-likeness (QED) is 0.603. The average Bonchev–Trinajstić information content (AvgIpc) is 2.84. The number of allylic oxidation sites excluding steroid dienone is 4. The van der Waals surface area contributed by atoms with Gasteiger partial charge in [-0.15, -0.1) is 0 Å². The molecule has 1 amide bonds. The van der Waals surface area contributed by atoms with Gasteiger partial charge in [0.2, 0.25) is 5.91 Å². The Kier molecular flexibility index (Phi) is 6.16. The maximum Gasteiger partial charge on any atom is 0.224 e. The summed E-state index contributed by atoms with van der Waals surface area (Å²) < 4.78 is 0. The molecule has 2 aromatic carbocycles. The van der Waals surface area contributed by atoms with Crippen LogP contribution in [-0.4, -0.2) is 23.9 Å². The van der Waals surface area contributed by atoms with E-state index in [2.05, 4.69) is 83.9 Å². The van der Waals surface area contributed by atoms with Crippen molar-refractivity contribution in [2.45, 2.75) is 57.3 Å². The predicted octanol–water partition coefficient (Wildman–Crippen LogP) is 6.13. The predicted molar refractivity (Wildman–Crippen MR) is 130 cm³/mol. The van der Waals surface area contributed by atoms with E-state index in [-0.39, 0.29) is 5.91 Å². The lowest BCUT2D eigenvalue weighted by Gasteiger charge is -2.49. The van der Waals surface area contributed by atoms with E-state index in [1.807, 2.05) is 0 Å². The molecule has 1 saturated heterocycles. The fourth-order valence-electron chi connectivity index (χ4n) is 5.98. The first-order valence-corrected chi connectivity index (χ1v) is 12.3. The number of carbonyl (C=O) groups is 1. The van der Waals surface area contributed by atoms with E-state index in [9.17, 15) is 4.79 Å². The van der Waals surface area contributed by atoms with Gasteiger partial charge in [-0.05, 0) is 54.4 Å². The fourth-order valence-corrected chi connectivity index (χ4v) is 5.98. The summed E-state index contributed by atoms with van der Waals surface area (Å²) >= 11 is 0. The third kappa shape index (κ3) is 4.13. The minimum absolute atomic E-state index is 0.165. The van der Waals surface area contributed by atoms with Gasteiger partial charge in [-0.2, -0.15) is 0 Å². The Morgan fingerprint density at radius 1 is 0.938 bits per heavy atom. The summed E-state index contributed by atoms with van der Waals surface area (Å²) in [6.45, 7) is 4.39. The highest BCUT2D eigenvalue weighted by molar-refractivity contribution is 5.78. The highest BCUT2D eigenvalue weighted by Crippen LogP contribution is 2.51. The highest BCUT2D eigenvalue weighted by atomic mass is 16.1. The SMILES string of the molecule is CCCCC(=O)NC1=CC2=C3C(C1)C(c1ccccc1)CCN3CCC2c1ccccc1. The van der Waals surface area contributed by atoms with E-state index in [0.29, 0.717) is 24.2 Å².